The van der Waals surface area contributed by atoms with E-state index in [1.165, 1.54) is 12.3 Å². The molecule has 2 saturated carbocycles. The van der Waals surface area contributed by atoms with Gasteiger partial charge in [-0.15, -0.1) is 0 Å². The minimum Gasteiger partial charge on any atom is -0.491 e. The molecule has 3 N–H and O–H groups in total. The number of nitrogens with one attached hydrogen (secondary N) is 3. The number of pyridine rings is 1. The summed E-state index contributed by atoms with van der Waals surface area (Å²) in [5.74, 6) is -5.12. The zero-order valence-electron chi connectivity index (χ0n) is 33.9. The van der Waals surface area contributed by atoms with Crippen LogP contribution in [-0.2, 0) is 29.1 Å². The van der Waals surface area contributed by atoms with E-state index < -0.39 is 98.4 Å². The van der Waals surface area contributed by atoms with Gasteiger partial charge < -0.3 is 29.7 Å². The average molecular weight is 872 g/mol. The van der Waals surface area contributed by atoms with Crippen LogP contribution in [0.25, 0.3) is 10.8 Å². The Labute approximate surface area is 344 Å². The Morgan fingerprint density at radius 3 is 2.48 bits per heavy atom. The lowest BCUT2D eigenvalue weighted by atomic mass is 9.88. The fourth-order valence-corrected chi connectivity index (χ4v) is 9.29. The van der Waals surface area contributed by atoms with Gasteiger partial charge in [0, 0.05) is 23.9 Å². The summed E-state index contributed by atoms with van der Waals surface area (Å²) in [6.45, 7) is 5.17. The number of hydrogen-bond acceptors (Lipinski definition) is 10. The summed E-state index contributed by atoms with van der Waals surface area (Å²) in [6.07, 6.45) is -1.57. The van der Waals surface area contributed by atoms with Gasteiger partial charge in [0.25, 0.3) is 5.91 Å². The first-order chi connectivity index (χ1) is 28.1. The van der Waals surface area contributed by atoms with E-state index in [1.807, 2.05) is 11.6 Å². The summed E-state index contributed by atoms with van der Waals surface area (Å²) >= 11 is 0. The van der Waals surface area contributed by atoms with E-state index >= 15 is 4.39 Å². The molecule has 0 unspecified atom stereocenters. The van der Waals surface area contributed by atoms with Crippen molar-refractivity contribution in [2.24, 2.45) is 17.8 Å². The summed E-state index contributed by atoms with van der Waals surface area (Å²) in [4.78, 5) is 61.6. The molecule has 4 aliphatic rings. The molecule has 0 spiro atoms. The number of carbonyl (C=O) groups is 4. The normalized spacial score (nSPS) is 28.3. The number of rotatable bonds is 10. The van der Waals surface area contributed by atoms with Crippen LogP contribution in [0.5, 0.6) is 11.6 Å². The van der Waals surface area contributed by atoms with Crippen molar-refractivity contribution in [1.29, 1.82) is 0 Å². The Bertz CT molecular complexity index is 2150. The quantitative estimate of drug-likeness (QED) is 0.207. The predicted molar refractivity (Wildman–Crippen MR) is 206 cm³/mol. The third kappa shape index (κ3) is 8.98. The summed E-state index contributed by atoms with van der Waals surface area (Å²) < 4.78 is 113. The van der Waals surface area contributed by atoms with E-state index in [1.54, 1.807) is 32.1 Å². The topological polar surface area (TPSA) is 182 Å². The lowest BCUT2D eigenvalue weighted by molar-refractivity contribution is -0.244. The van der Waals surface area contributed by atoms with Crippen molar-refractivity contribution in [2.75, 3.05) is 19.8 Å². The van der Waals surface area contributed by atoms with Crippen molar-refractivity contribution in [3.63, 3.8) is 0 Å². The van der Waals surface area contributed by atoms with Gasteiger partial charge in [-0.05, 0) is 94.7 Å². The van der Waals surface area contributed by atoms with Gasteiger partial charge in [-0.3, -0.25) is 19.1 Å². The minimum absolute atomic E-state index is 0.00806. The molecule has 3 fully saturated rings. The Morgan fingerprint density at radius 1 is 1.12 bits per heavy atom. The lowest BCUT2D eigenvalue weighted by Gasteiger charge is -2.34. The summed E-state index contributed by atoms with van der Waals surface area (Å²) in [5, 5.41) is 5.74. The fraction of sp³-hybridized carbons (Fsp3) is 0.625. The average Bonchev–Trinajstić information content (AvgIpc) is 4.06. The molecule has 330 valence electrons. The Kier molecular flexibility index (Phi) is 12.4. The number of ether oxygens (including phenoxy) is 3. The standard InChI is InChI=1S/C40H50F5N5O9S/c1-6-57-30-16-24-11-14-46-33(27(24)18-28(30)42)58-26-17-29-32(51)48-39(35(53)49-60(55,56)38(21-41)12-13-38)19-25(39)10-8-7-9-22(2)15-23(3)31(34(52)50(29)20-26)47-36(54)59-37(4,5)40(43,44)45/h8,10-11,14,16,18,22-23,25-26,29,31H,6-7,9,12-13,15,17,19-21H2,1-5H3,(H,47,54)(H,48,51)(H,49,53)/t22-,23+,25+,26+,29-,31-,39+/m0/s1. The van der Waals surface area contributed by atoms with E-state index in [0.717, 1.165) is 11.0 Å². The number of aromatic nitrogens is 1. The molecule has 2 aliphatic heterocycles. The Balaban J connectivity index is 1.36. The van der Waals surface area contributed by atoms with Crippen LogP contribution in [0, 0.1) is 23.6 Å². The number of sulfonamides is 1. The maximum Gasteiger partial charge on any atom is 0.427 e. The number of benzene rings is 1. The monoisotopic (exact) mass is 871 g/mol. The molecule has 3 heterocycles. The van der Waals surface area contributed by atoms with E-state index in [0.29, 0.717) is 38.5 Å². The maximum atomic E-state index is 15.1. The molecular formula is C40H50F5N5O9S. The highest BCUT2D eigenvalue weighted by Crippen LogP contribution is 2.48. The first-order valence-corrected chi connectivity index (χ1v) is 21.4. The zero-order valence-corrected chi connectivity index (χ0v) is 34.7. The second kappa shape index (κ2) is 16.6. The van der Waals surface area contributed by atoms with Gasteiger partial charge in [-0.2, -0.15) is 13.2 Å². The van der Waals surface area contributed by atoms with Crippen molar-refractivity contribution in [2.45, 2.75) is 120 Å². The third-order valence-electron chi connectivity index (χ3n) is 11.9. The summed E-state index contributed by atoms with van der Waals surface area (Å²) in [6, 6.07) is 1.25. The van der Waals surface area contributed by atoms with Crippen LogP contribution in [0.2, 0.25) is 0 Å². The number of nitrogens with zero attached hydrogens (tertiary/aromatic N) is 2. The number of alkyl halides is 4. The number of amides is 4. The second-order valence-electron chi connectivity index (χ2n) is 16.9. The fourth-order valence-electron chi connectivity index (χ4n) is 7.86. The van der Waals surface area contributed by atoms with Crippen LogP contribution in [0.15, 0.2) is 36.5 Å². The number of hydrogen-bond donors (Lipinski definition) is 3. The van der Waals surface area contributed by atoms with Crippen molar-refractivity contribution < 1.29 is 63.8 Å². The largest absolute Gasteiger partial charge is 0.491 e. The Hall–Kier alpha value is -4.75. The van der Waals surface area contributed by atoms with E-state index in [4.69, 9.17) is 14.2 Å². The second-order valence-corrected chi connectivity index (χ2v) is 19.0. The van der Waals surface area contributed by atoms with Gasteiger partial charge in [0.05, 0.1) is 13.2 Å². The molecule has 20 heteroatoms. The molecule has 2 aliphatic carbocycles. The molecule has 7 atom stereocenters. The predicted octanol–water partition coefficient (Wildman–Crippen LogP) is 5.39. The molecule has 2 aromatic rings. The van der Waals surface area contributed by atoms with Gasteiger partial charge in [-0.1, -0.05) is 26.0 Å². The van der Waals surface area contributed by atoms with Crippen molar-refractivity contribution >= 4 is 44.6 Å². The summed E-state index contributed by atoms with van der Waals surface area (Å²) in [5.41, 5.74) is -4.74. The lowest BCUT2D eigenvalue weighted by Crippen LogP contribution is -2.60. The minimum atomic E-state index is -4.96. The molecule has 6 rings (SSSR count). The number of alkyl carbamates (subject to hydrolysis) is 1. The molecule has 14 nitrogen and oxygen atoms in total. The summed E-state index contributed by atoms with van der Waals surface area (Å²) in [7, 11) is -4.49. The van der Waals surface area contributed by atoms with E-state index in [-0.39, 0.29) is 61.8 Å². The number of allylic oxidation sites excluding steroid dienone is 1. The number of carbonyl (C=O) groups excluding carboxylic acids is 4. The van der Waals surface area contributed by atoms with Gasteiger partial charge >= 0.3 is 12.3 Å². The zero-order chi connectivity index (χ0) is 44.0. The van der Waals surface area contributed by atoms with Crippen LogP contribution >= 0.6 is 0 Å². The van der Waals surface area contributed by atoms with Crippen molar-refractivity contribution in [1.82, 2.24) is 25.2 Å². The van der Waals surface area contributed by atoms with Gasteiger partial charge in [0.15, 0.2) is 11.6 Å². The highest BCUT2D eigenvalue weighted by Gasteiger charge is 2.64. The molecule has 60 heavy (non-hydrogen) atoms. The third-order valence-corrected chi connectivity index (χ3v) is 14.0. The molecule has 1 saturated heterocycles. The first kappa shape index (κ1) is 44.8. The molecule has 4 amide bonds. The van der Waals surface area contributed by atoms with Crippen molar-refractivity contribution in [3.8, 4) is 11.6 Å². The smallest absolute Gasteiger partial charge is 0.427 e. The van der Waals surface area contributed by atoms with E-state index in [9.17, 15) is 45.2 Å². The molecule has 1 aromatic heterocycles. The van der Waals surface area contributed by atoms with Crippen LogP contribution < -0.4 is 24.8 Å². The highest BCUT2D eigenvalue weighted by molar-refractivity contribution is 7.91. The molecule has 0 bridgehead atoms. The van der Waals surface area contributed by atoms with Crippen LogP contribution in [0.3, 0.4) is 0 Å². The van der Waals surface area contributed by atoms with Crippen LogP contribution in [0.1, 0.15) is 79.6 Å². The van der Waals surface area contributed by atoms with Gasteiger partial charge in [0.2, 0.25) is 33.3 Å². The number of fused-ring (bicyclic) bond motifs is 3. The van der Waals surface area contributed by atoms with Crippen LogP contribution in [-0.4, -0.2) is 102 Å². The SMILES string of the molecule is CCOc1cc2ccnc(O[C@@H]3C[C@H]4C(=O)N[C@]5(C(=O)NS(=O)(=O)C6(CF)CC6)C[C@H]5C=CCC[C@H](C)C[C@@H](C)[C@H](NC(=O)OC(C)(C)C(F)(F)F)C(=O)N4C3)c2cc1F. The Morgan fingerprint density at radius 2 is 1.83 bits per heavy atom. The molecule has 0 radical (unpaired) electrons. The highest BCUT2D eigenvalue weighted by atomic mass is 32.2. The van der Waals surface area contributed by atoms with Crippen LogP contribution in [0.4, 0.5) is 26.7 Å². The maximum absolute atomic E-state index is 15.1. The number of halogens is 5. The van der Waals surface area contributed by atoms with Gasteiger partial charge in [0.1, 0.15) is 35.1 Å². The molecular weight excluding hydrogens is 822 g/mol. The first-order valence-electron chi connectivity index (χ1n) is 19.9. The van der Waals surface area contributed by atoms with Crippen molar-refractivity contribution in [3.05, 3.63) is 42.4 Å². The molecule has 1 aromatic carbocycles. The van der Waals surface area contributed by atoms with E-state index in [2.05, 4.69) is 15.6 Å². The van der Waals surface area contributed by atoms with Gasteiger partial charge in [-0.25, -0.2) is 27.0 Å².